The molecule has 0 radical (unpaired) electrons. The van der Waals surface area contributed by atoms with E-state index in [0.29, 0.717) is 11.1 Å². The summed E-state index contributed by atoms with van der Waals surface area (Å²) in [5.41, 5.74) is -0.155. The molecule has 0 saturated carbocycles. The van der Waals surface area contributed by atoms with Crippen LogP contribution in [0.5, 0.6) is 0 Å². The second-order valence-electron chi connectivity index (χ2n) is 8.16. The predicted molar refractivity (Wildman–Crippen MR) is 125 cm³/mol. The van der Waals surface area contributed by atoms with Gasteiger partial charge >= 0.3 is 6.03 Å². The maximum absolute atomic E-state index is 13.4. The fourth-order valence-electron chi connectivity index (χ4n) is 4.02. The smallest absolute Gasteiger partial charge is 0.325 e. The van der Waals surface area contributed by atoms with Crippen molar-refractivity contribution in [2.45, 2.75) is 18.5 Å². The van der Waals surface area contributed by atoms with Gasteiger partial charge in [-0.25, -0.2) is 9.18 Å². The van der Waals surface area contributed by atoms with Crippen molar-refractivity contribution in [3.63, 3.8) is 0 Å². The molecule has 1 fully saturated rings. The van der Waals surface area contributed by atoms with Crippen molar-refractivity contribution in [3.8, 4) is 0 Å². The number of carbonyl (C=O) groups excluding carboxylic acids is 3. The molecule has 1 saturated heterocycles. The summed E-state index contributed by atoms with van der Waals surface area (Å²) in [6.07, 6.45) is 0. The molecular formula is C25H20FN3O4S. The lowest BCUT2D eigenvalue weighted by molar-refractivity contribution is -0.135. The standard InChI is InChI=1S/C25H20FN3O4S/c1-25(20-13-16-5-2-3-6-18(16)33-20)23(31)29(24(32)28-25)14-21(30)27-22(19-7-4-12-34-19)15-8-10-17(26)11-9-15/h2-13,22H,14H2,1H3,(H,27,30)(H,28,32)/t22-,25-/m0/s1. The lowest BCUT2D eigenvalue weighted by atomic mass is 9.99. The number of furan rings is 1. The highest BCUT2D eigenvalue weighted by atomic mass is 32.1. The van der Waals surface area contributed by atoms with Gasteiger partial charge in [-0.15, -0.1) is 11.3 Å². The first-order valence-corrected chi connectivity index (χ1v) is 11.4. The quantitative estimate of drug-likeness (QED) is 0.405. The number of nitrogens with one attached hydrogen (secondary N) is 2. The number of thiophene rings is 1. The Morgan fingerprint density at radius 2 is 1.91 bits per heavy atom. The molecule has 0 spiro atoms. The van der Waals surface area contributed by atoms with E-state index >= 15 is 0 Å². The third-order valence-corrected chi connectivity index (χ3v) is 6.77. The SMILES string of the molecule is C[C@@]1(c2cc3ccccc3o2)NC(=O)N(CC(=O)N[C@@H](c2ccc(F)cc2)c2cccs2)C1=O. The predicted octanol–water partition coefficient (Wildman–Crippen LogP) is 4.31. The van der Waals surface area contributed by atoms with E-state index in [0.717, 1.165) is 15.2 Å². The first-order chi connectivity index (χ1) is 16.3. The molecule has 0 bridgehead atoms. The van der Waals surface area contributed by atoms with Crippen LogP contribution in [0, 0.1) is 5.82 Å². The highest BCUT2D eigenvalue weighted by Crippen LogP contribution is 2.33. The molecule has 34 heavy (non-hydrogen) atoms. The van der Waals surface area contributed by atoms with E-state index in [1.807, 2.05) is 35.7 Å². The first-order valence-electron chi connectivity index (χ1n) is 10.6. The van der Waals surface area contributed by atoms with E-state index in [-0.39, 0.29) is 11.6 Å². The molecule has 2 N–H and O–H groups in total. The lowest BCUT2D eigenvalue weighted by Gasteiger charge is -2.21. The van der Waals surface area contributed by atoms with Crippen LogP contribution in [-0.2, 0) is 15.1 Å². The largest absolute Gasteiger partial charge is 0.458 e. The zero-order chi connectivity index (χ0) is 23.9. The zero-order valence-electron chi connectivity index (χ0n) is 18.1. The van der Waals surface area contributed by atoms with Crippen molar-refractivity contribution in [3.05, 3.63) is 94.1 Å². The van der Waals surface area contributed by atoms with Crippen LogP contribution in [0.4, 0.5) is 9.18 Å². The van der Waals surface area contributed by atoms with Gasteiger partial charge in [-0.2, -0.15) is 0 Å². The number of hydrogen-bond donors (Lipinski definition) is 2. The molecule has 172 valence electrons. The molecule has 2 atom stereocenters. The summed E-state index contributed by atoms with van der Waals surface area (Å²) >= 11 is 1.43. The number of amides is 4. The Labute approximate surface area is 198 Å². The maximum atomic E-state index is 13.4. The fourth-order valence-corrected chi connectivity index (χ4v) is 4.82. The first kappa shape index (κ1) is 21.8. The second-order valence-corrected chi connectivity index (χ2v) is 9.14. The zero-order valence-corrected chi connectivity index (χ0v) is 18.9. The lowest BCUT2D eigenvalue weighted by Crippen LogP contribution is -2.43. The average Bonchev–Trinajstić information content (AvgIpc) is 3.55. The summed E-state index contributed by atoms with van der Waals surface area (Å²) in [6.45, 7) is 1.08. The number of carbonyl (C=O) groups is 3. The van der Waals surface area contributed by atoms with E-state index in [1.165, 1.54) is 23.5 Å². The molecule has 2 aromatic carbocycles. The van der Waals surface area contributed by atoms with Crippen LogP contribution in [-0.4, -0.2) is 29.3 Å². The van der Waals surface area contributed by atoms with Gasteiger partial charge in [0.2, 0.25) is 5.91 Å². The monoisotopic (exact) mass is 477 g/mol. The molecule has 1 aliphatic heterocycles. The van der Waals surface area contributed by atoms with Gasteiger partial charge in [0.15, 0.2) is 5.54 Å². The Morgan fingerprint density at radius 1 is 1.15 bits per heavy atom. The number of halogens is 1. The van der Waals surface area contributed by atoms with Crippen molar-refractivity contribution in [2.75, 3.05) is 6.54 Å². The van der Waals surface area contributed by atoms with Crippen molar-refractivity contribution >= 4 is 40.2 Å². The summed E-state index contributed by atoms with van der Waals surface area (Å²) in [5.74, 6) is -1.21. The molecule has 7 nitrogen and oxygen atoms in total. The number of hydrogen-bond acceptors (Lipinski definition) is 5. The molecule has 0 unspecified atom stereocenters. The van der Waals surface area contributed by atoms with Crippen molar-refractivity contribution in [1.29, 1.82) is 0 Å². The Balaban J connectivity index is 1.36. The third kappa shape index (κ3) is 3.84. The van der Waals surface area contributed by atoms with Crippen LogP contribution in [0.15, 0.2) is 76.5 Å². The van der Waals surface area contributed by atoms with Crippen molar-refractivity contribution < 1.29 is 23.2 Å². The van der Waals surface area contributed by atoms with Gasteiger partial charge in [-0.05, 0) is 48.2 Å². The molecule has 5 rings (SSSR count). The van der Waals surface area contributed by atoms with Gasteiger partial charge < -0.3 is 15.1 Å². The maximum Gasteiger partial charge on any atom is 0.325 e. The van der Waals surface area contributed by atoms with Gasteiger partial charge in [0.05, 0.1) is 6.04 Å². The average molecular weight is 478 g/mol. The third-order valence-electron chi connectivity index (χ3n) is 5.83. The Morgan fingerprint density at radius 3 is 2.62 bits per heavy atom. The Kier molecular flexibility index (Phi) is 5.41. The summed E-state index contributed by atoms with van der Waals surface area (Å²) in [5, 5.41) is 8.19. The van der Waals surface area contributed by atoms with Gasteiger partial charge in [-0.3, -0.25) is 14.5 Å². The van der Waals surface area contributed by atoms with Gasteiger partial charge in [0.25, 0.3) is 5.91 Å². The number of benzene rings is 2. The normalized spacial score (nSPS) is 18.8. The van der Waals surface area contributed by atoms with Crippen LogP contribution in [0.3, 0.4) is 0 Å². The molecule has 2 aromatic heterocycles. The minimum Gasteiger partial charge on any atom is -0.458 e. The molecule has 4 amide bonds. The van der Waals surface area contributed by atoms with Crippen LogP contribution in [0.2, 0.25) is 0 Å². The Bertz CT molecular complexity index is 1350. The summed E-state index contributed by atoms with van der Waals surface area (Å²) in [4.78, 5) is 40.6. The summed E-state index contributed by atoms with van der Waals surface area (Å²) in [7, 11) is 0. The minimum absolute atomic E-state index is 0.290. The number of imide groups is 1. The molecule has 4 aromatic rings. The van der Waals surface area contributed by atoms with E-state index in [2.05, 4.69) is 10.6 Å². The summed E-state index contributed by atoms with van der Waals surface area (Å²) < 4.78 is 19.2. The topological polar surface area (TPSA) is 91.7 Å². The van der Waals surface area contributed by atoms with E-state index in [1.54, 1.807) is 31.2 Å². The highest BCUT2D eigenvalue weighted by Gasteiger charge is 2.51. The minimum atomic E-state index is -1.43. The molecule has 0 aliphatic carbocycles. The van der Waals surface area contributed by atoms with E-state index in [4.69, 9.17) is 4.42 Å². The molecule has 9 heteroatoms. The number of urea groups is 1. The van der Waals surface area contributed by atoms with Crippen LogP contribution >= 0.6 is 11.3 Å². The van der Waals surface area contributed by atoms with E-state index in [9.17, 15) is 18.8 Å². The molecular weight excluding hydrogens is 457 g/mol. The number of rotatable bonds is 6. The second kappa shape index (κ2) is 8.42. The van der Waals surface area contributed by atoms with Crippen molar-refractivity contribution in [1.82, 2.24) is 15.5 Å². The van der Waals surface area contributed by atoms with Crippen molar-refractivity contribution in [2.24, 2.45) is 0 Å². The Hall–Kier alpha value is -3.98. The molecule has 3 heterocycles. The van der Waals surface area contributed by atoms with Crippen LogP contribution in [0.25, 0.3) is 11.0 Å². The fraction of sp³-hybridized carbons (Fsp3) is 0.160. The van der Waals surface area contributed by atoms with Gasteiger partial charge in [-0.1, -0.05) is 36.4 Å². The van der Waals surface area contributed by atoms with Gasteiger partial charge in [0.1, 0.15) is 23.7 Å². The highest BCUT2D eigenvalue weighted by molar-refractivity contribution is 7.10. The molecule has 1 aliphatic rings. The number of nitrogens with zero attached hydrogens (tertiary/aromatic N) is 1. The number of para-hydroxylation sites is 1. The van der Waals surface area contributed by atoms with Crippen LogP contribution < -0.4 is 10.6 Å². The van der Waals surface area contributed by atoms with E-state index < -0.39 is 36.0 Å². The van der Waals surface area contributed by atoms with Gasteiger partial charge in [0, 0.05) is 10.3 Å². The summed E-state index contributed by atoms with van der Waals surface area (Å²) in [6, 6.07) is 17.3. The number of fused-ring (bicyclic) bond motifs is 1. The van der Waals surface area contributed by atoms with Crippen LogP contribution in [0.1, 0.15) is 29.2 Å².